The van der Waals surface area contributed by atoms with E-state index < -0.39 is 0 Å². The number of nitrogens with one attached hydrogen (secondary N) is 1. The number of rotatable bonds is 7. The van der Waals surface area contributed by atoms with Crippen molar-refractivity contribution in [1.29, 1.82) is 0 Å². The number of hydrogen-bond donors (Lipinski definition) is 1. The Hall–Kier alpha value is -4.16. The summed E-state index contributed by atoms with van der Waals surface area (Å²) in [6, 6.07) is 16.6. The van der Waals surface area contributed by atoms with Gasteiger partial charge in [-0.2, -0.15) is 0 Å². The largest absolute Gasteiger partial charge is 0.496 e. The summed E-state index contributed by atoms with van der Waals surface area (Å²) in [5.74, 6) is 0.252. The zero-order chi connectivity index (χ0) is 25.6. The number of benzene rings is 2. The SMILES string of the molecule is COc1ccccc1/C=C1/N=C(SCC(=O)Nc2c[n+](N3CCOCC3)no2)N(c2ccccc2)C1=O. The summed E-state index contributed by atoms with van der Waals surface area (Å²) in [6.45, 7) is 2.55. The zero-order valence-corrected chi connectivity index (χ0v) is 20.9. The number of amides is 2. The first-order valence-corrected chi connectivity index (χ1v) is 12.6. The first kappa shape index (κ1) is 24.5. The Morgan fingerprint density at radius 2 is 1.92 bits per heavy atom. The highest BCUT2D eigenvalue weighted by Crippen LogP contribution is 2.30. The van der Waals surface area contributed by atoms with Gasteiger partial charge in [-0.1, -0.05) is 48.2 Å². The molecule has 1 saturated heterocycles. The number of hydrogen-bond acceptors (Lipinski definition) is 9. The molecule has 3 aromatic rings. The predicted molar refractivity (Wildman–Crippen MR) is 139 cm³/mol. The van der Waals surface area contributed by atoms with Crippen molar-refractivity contribution in [3.63, 3.8) is 0 Å². The molecular weight excluding hydrogens is 496 g/mol. The Bertz CT molecular complexity index is 1340. The molecule has 190 valence electrons. The average Bonchev–Trinajstić information content (AvgIpc) is 3.53. The number of morpholine rings is 1. The van der Waals surface area contributed by atoms with Crippen LogP contribution < -0.4 is 24.8 Å². The lowest BCUT2D eigenvalue weighted by molar-refractivity contribution is -0.759. The van der Waals surface area contributed by atoms with Crippen LogP contribution in [0.2, 0.25) is 0 Å². The lowest BCUT2D eigenvalue weighted by Crippen LogP contribution is -2.62. The van der Waals surface area contributed by atoms with Crippen LogP contribution in [-0.4, -0.2) is 61.4 Å². The van der Waals surface area contributed by atoms with Gasteiger partial charge in [0.1, 0.15) is 11.4 Å². The molecule has 0 radical (unpaired) electrons. The van der Waals surface area contributed by atoms with Crippen LogP contribution in [0.1, 0.15) is 5.56 Å². The Morgan fingerprint density at radius 1 is 1.16 bits per heavy atom. The highest BCUT2D eigenvalue weighted by atomic mass is 32.2. The molecule has 1 aromatic heterocycles. The van der Waals surface area contributed by atoms with Gasteiger partial charge in [0.25, 0.3) is 12.1 Å². The van der Waals surface area contributed by atoms with Crippen LogP contribution in [0.15, 0.2) is 76.0 Å². The fourth-order valence-electron chi connectivity index (χ4n) is 3.82. The maximum absolute atomic E-state index is 13.4. The molecule has 0 atom stereocenters. The van der Waals surface area contributed by atoms with E-state index in [0.717, 1.165) is 17.3 Å². The predicted octanol–water partition coefficient (Wildman–Crippen LogP) is 2.05. The Labute approximate surface area is 217 Å². The van der Waals surface area contributed by atoms with Gasteiger partial charge in [0.2, 0.25) is 11.2 Å². The standard InChI is InChI=1S/C25H24N6O5S/c1-34-21-10-6-5-7-18(21)15-20-24(33)31(19-8-3-2-4-9-19)25(26-20)37-17-22(32)27-23-16-30(28-36-23)29-11-13-35-14-12-29/h2-10,15-16H,11-14,17H2,1H3/p+1/b20-15+. The van der Waals surface area contributed by atoms with Crippen LogP contribution in [0.4, 0.5) is 11.6 Å². The molecule has 37 heavy (non-hydrogen) atoms. The van der Waals surface area contributed by atoms with E-state index >= 15 is 0 Å². The molecule has 0 spiro atoms. The van der Waals surface area contributed by atoms with E-state index in [4.69, 9.17) is 14.0 Å². The summed E-state index contributed by atoms with van der Waals surface area (Å²) in [6.07, 6.45) is 3.29. The van der Waals surface area contributed by atoms with Crippen molar-refractivity contribution in [2.75, 3.05) is 54.4 Å². The van der Waals surface area contributed by atoms with Gasteiger partial charge in [-0.15, -0.1) is 5.01 Å². The third-order valence-corrected chi connectivity index (χ3v) is 6.54. The molecule has 5 rings (SSSR count). The van der Waals surface area contributed by atoms with Crippen LogP contribution in [0, 0.1) is 0 Å². The van der Waals surface area contributed by atoms with E-state index in [1.165, 1.54) is 4.90 Å². The number of aromatic nitrogens is 2. The van der Waals surface area contributed by atoms with Crippen LogP contribution in [0.25, 0.3) is 6.08 Å². The van der Waals surface area contributed by atoms with Crippen molar-refractivity contribution in [1.82, 2.24) is 5.27 Å². The Kier molecular flexibility index (Phi) is 7.47. The Balaban J connectivity index is 1.31. The molecule has 1 N–H and O–H groups in total. The molecule has 0 saturated carbocycles. The fraction of sp³-hybridized carbons (Fsp3) is 0.240. The van der Waals surface area contributed by atoms with Crippen LogP contribution in [-0.2, 0) is 14.3 Å². The van der Waals surface area contributed by atoms with E-state index in [1.54, 1.807) is 24.2 Å². The summed E-state index contributed by atoms with van der Waals surface area (Å²) in [4.78, 5) is 33.7. The second-order valence-corrected chi connectivity index (χ2v) is 8.97. The molecule has 2 amide bonds. The van der Waals surface area contributed by atoms with Crippen LogP contribution in [0.3, 0.4) is 0 Å². The van der Waals surface area contributed by atoms with E-state index in [2.05, 4.69) is 15.6 Å². The molecule has 0 bridgehead atoms. The Morgan fingerprint density at radius 3 is 2.70 bits per heavy atom. The molecule has 3 heterocycles. The fourth-order valence-corrected chi connectivity index (χ4v) is 4.63. The third-order valence-electron chi connectivity index (χ3n) is 5.60. The second kappa shape index (κ2) is 11.3. The molecule has 11 nitrogen and oxygen atoms in total. The van der Waals surface area contributed by atoms with Crippen molar-refractivity contribution >= 4 is 46.4 Å². The first-order chi connectivity index (χ1) is 18.1. The highest BCUT2D eigenvalue weighted by Gasteiger charge is 2.33. The van der Waals surface area contributed by atoms with Crippen molar-refractivity contribution < 1.29 is 28.4 Å². The van der Waals surface area contributed by atoms with Crippen molar-refractivity contribution in [3.8, 4) is 5.75 Å². The summed E-state index contributed by atoms with van der Waals surface area (Å²) in [5.41, 5.74) is 1.63. The number of thioether (sulfide) groups is 1. The number of nitrogens with zero attached hydrogens (tertiary/aromatic N) is 5. The smallest absolute Gasteiger partial charge is 0.305 e. The summed E-state index contributed by atoms with van der Waals surface area (Å²) >= 11 is 1.15. The second-order valence-electron chi connectivity index (χ2n) is 8.03. The minimum atomic E-state index is -0.319. The first-order valence-electron chi connectivity index (χ1n) is 11.6. The van der Waals surface area contributed by atoms with Gasteiger partial charge >= 0.3 is 5.88 Å². The van der Waals surface area contributed by atoms with E-state index in [9.17, 15) is 9.59 Å². The normalized spacial score (nSPS) is 16.7. The monoisotopic (exact) mass is 521 g/mol. The number of methoxy groups -OCH3 is 1. The van der Waals surface area contributed by atoms with Gasteiger partial charge < -0.3 is 9.47 Å². The lowest BCUT2D eigenvalue weighted by atomic mass is 10.1. The molecule has 12 heteroatoms. The number of ether oxygens (including phenoxy) is 2. The number of aliphatic imine (C=N–C) groups is 1. The third kappa shape index (κ3) is 5.65. The van der Waals surface area contributed by atoms with Crippen LogP contribution in [0.5, 0.6) is 5.75 Å². The molecular formula is C25H25N6O5S+. The van der Waals surface area contributed by atoms with E-state index in [1.807, 2.05) is 59.6 Å². The molecule has 0 aliphatic carbocycles. The average molecular weight is 522 g/mol. The number of amidine groups is 1. The quantitative estimate of drug-likeness (QED) is 0.371. The van der Waals surface area contributed by atoms with Crippen molar-refractivity contribution in [3.05, 3.63) is 72.1 Å². The number of para-hydroxylation sites is 2. The summed E-state index contributed by atoms with van der Waals surface area (Å²) in [7, 11) is 1.57. The summed E-state index contributed by atoms with van der Waals surface area (Å²) < 4.78 is 16.0. The minimum Gasteiger partial charge on any atom is -0.496 e. The van der Waals surface area contributed by atoms with Gasteiger partial charge in [0, 0.05) is 5.56 Å². The number of carbonyl (C=O) groups is 2. The molecule has 2 aliphatic heterocycles. The van der Waals surface area contributed by atoms with Crippen molar-refractivity contribution in [2.45, 2.75) is 0 Å². The van der Waals surface area contributed by atoms with Gasteiger partial charge in [-0.3, -0.25) is 24.3 Å². The van der Waals surface area contributed by atoms with Gasteiger partial charge in [0.15, 0.2) is 5.17 Å². The number of anilines is 2. The van der Waals surface area contributed by atoms with Gasteiger partial charge in [-0.05, 0) is 24.3 Å². The van der Waals surface area contributed by atoms with E-state index in [-0.39, 0.29) is 29.1 Å². The maximum atomic E-state index is 13.4. The molecule has 2 aliphatic rings. The van der Waals surface area contributed by atoms with Crippen LogP contribution >= 0.6 is 11.8 Å². The lowest BCUT2D eigenvalue weighted by Gasteiger charge is -2.18. The maximum Gasteiger partial charge on any atom is 0.305 e. The van der Waals surface area contributed by atoms with Crippen molar-refractivity contribution in [2.24, 2.45) is 4.99 Å². The molecule has 2 aromatic carbocycles. The number of carbonyl (C=O) groups excluding carboxylic acids is 2. The zero-order valence-electron chi connectivity index (χ0n) is 20.1. The summed E-state index contributed by atoms with van der Waals surface area (Å²) in [5, 5.41) is 9.00. The van der Waals surface area contributed by atoms with Gasteiger partial charge in [0.05, 0.1) is 49.6 Å². The molecule has 1 fully saturated rings. The highest BCUT2D eigenvalue weighted by molar-refractivity contribution is 8.14. The molecule has 0 unspecified atom stereocenters. The minimum absolute atomic E-state index is 0.00956. The topological polar surface area (TPSA) is 113 Å². The van der Waals surface area contributed by atoms with E-state index in [0.29, 0.717) is 42.9 Å². The van der Waals surface area contributed by atoms with Gasteiger partial charge in [-0.25, -0.2) is 4.99 Å².